The third kappa shape index (κ3) is 1.60. The van der Waals surface area contributed by atoms with Crippen molar-refractivity contribution in [3.05, 3.63) is 29.6 Å². The largest absolute Gasteiger partial charge is 0.329 e. The molecule has 1 N–H and O–H groups in total. The number of amides is 3. The number of rotatable bonds is 1. The number of carbonyl (C=O) groups is 2. The molecule has 0 saturated carbocycles. The van der Waals surface area contributed by atoms with Gasteiger partial charge in [0.15, 0.2) is 11.6 Å². The Labute approximate surface area is 87.6 Å². The lowest BCUT2D eigenvalue weighted by atomic mass is 10.2. The van der Waals surface area contributed by atoms with Crippen LogP contribution in [0.2, 0.25) is 0 Å². The number of urea groups is 1. The average molecular weight is 230 g/mol. The van der Waals surface area contributed by atoms with E-state index in [4.69, 9.17) is 0 Å². The summed E-state index contributed by atoms with van der Waals surface area (Å²) in [6.07, 6.45) is 0. The number of carbonyl (C=O) groups excluding carboxylic acids is 2. The highest BCUT2D eigenvalue weighted by Gasteiger charge is 2.32. The highest BCUT2D eigenvalue weighted by atomic mass is 19.1. The Morgan fingerprint density at radius 3 is 2.12 bits per heavy atom. The van der Waals surface area contributed by atoms with Crippen molar-refractivity contribution in [2.75, 3.05) is 11.4 Å². The van der Waals surface area contributed by atoms with Crippen molar-refractivity contribution < 1.29 is 22.8 Å². The van der Waals surface area contributed by atoms with E-state index in [0.29, 0.717) is 17.0 Å². The van der Waals surface area contributed by atoms with Gasteiger partial charge in [-0.05, 0) is 0 Å². The van der Waals surface area contributed by atoms with E-state index in [9.17, 15) is 22.8 Å². The Hall–Kier alpha value is -2.05. The Kier molecular flexibility index (Phi) is 2.30. The van der Waals surface area contributed by atoms with Gasteiger partial charge in [-0.2, -0.15) is 0 Å². The van der Waals surface area contributed by atoms with Crippen LogP contribution in [-0.2, 0) is 4.79 Å². The van der Waals surface area contributed by atoms with Crippen molar-refractivity contribution in [3.63, 3.8) is 0 Å². The Morgan fingerprint density at radius 2 is 1.69 bits per heavy atom. The zero-order valence-electron chi connectivity index (χ0n) is 7.76. The molecule has 1 heterocycles. The molecule has 1 fully saturated rings. The van der Waals surface area contributed by atoms with Gasteiger partial charge in [0.1, 0.15) is 18.0 Å². The van der Waals surface area contributed by atoms with Crippen molar-refractivity contribution in [3.8, 4) is 0 Å². The van der Waals surface area contributed by atoms with Crippen molar-refractivity contribution in [2.45, 2.75) is 0 Å². The fourth-order valence-electron chi connectivity index (χ4n) is 1.41. The standard InChI is InChI=1S/C9H5F3N2O2/c10-4-1-5(11)8(6(12)2-4)14-3-7(15)13-9(14)16/h1-2H,3H2,(H,13,15,16). The molecule has 4 nitrogen and oxygen atoms in total. The molecule has 1 aromatic carbocycles. The van der Waals surface area contributed by atoms with E-state index in [1.807, 2.05) is 5.32 Å². The van der Waals surface area contributed by atoms with Gasteiger partial charge in [0.05, 0.1) is 0 Å². The van der Waals surface area contributed by atoms with Crippen LogP contribution < -0.4 is 10.2 Å². The summed E-state index contributed by atoms with van der Waals surface area (Å²) in [5.74, 6) is -4.23. The van der Waals surface area contributed by atoms with E-state index in [-0.39, 0.29) is 0 Å². The molecular weight excluding hydrogens is 225 g/mol. The highest BCUT2D eigenvalue weighted by molar-refractivity contribution is 6.12. The van der Waals surface area contributed by atoms with Crippen LogP contribution in [0.1, 0.15) is 0 Å². The predicted molar refractivity (Wildman–Crippen MR) is 47.2 cm³/mol. The Balaban J connectivity index is 2.48. The molecule has 84 valence electrons. The number of hydrogen-bond acceptors (Lipinski definition) is 2. The summed E-state index contributed by atoms with van der Waals surface area (Å²) < 4.78 is 39.1. The van der Waals surface area contributed by atoms with Gasteiger partial charge < -0.3 is 0 Å². The molecule has 2 rings (SSSR count). The van der Waals surface area contributed by atoms with E-state index in [1.54, 1.807) is 0 Å². The molecule has 1 aliphatic heterocycles. The second kappa shape index (κ2) is 3.51. The van der Waals surface area contributed by atoms with Gasteiger partial charge in [-0.3, -0.25) is 15.0 Å². The van der Waals surface area contributed by atoms with Gasteiger partial charge in [-0.15, -0.1) is 0 Å². The third-order valence-electron chi connectivity index (χ3n) is 2.04. The van der Waals surface area contributed by atoms with Crippen LogP contribution in [0.25, 0.3) is 0 Å². The molecule has 0 aliphatic carbocycles. The van der Waals surface area contributed by atoms with Crippen LogP contribution in [0.3, 0.4) is 0 Å². The van der Waals surface area contributed by atoms with Crippen molar-refractivity contribution in [2.24, 2.45) is 0 Å². The fraction of sp³-hybridized carbons (Fsp3) is 0.111. The van der Waals surface area contributed by atoms with Gasteiger partial charge in [0, 0.05) is 12.1 Å². The summed E-state index contributed by atoms with van der Waals surface area (Å²) in [5.41, 5.74) is -0.732. The van der Waals surface area contributed by atoms with Crippen molar-refractivity contribution in [1.29, 1.82) is 0 Å². The molecule has 1 aromatic rings. The second-order valence-electron chi connectivity index (χ2n) is 3.16. The zero-order valence-corrected chi connectivity index (χ0v) is 7.76. The van der Waals surface area contributed by atoms with Gasteiger partial charge in [-0.25, -0.2) is 18.0 Å². The minimum absolute atomic E-state index is 0.439. The zero-order chi connectivity index (χ0) is 11.9. The molecule has 0 spiro atoms. The monoisotopic (exact) mass is 230 g/mol. The Morgan fingerprint density at radius 1 is 1.12 bits per heavy atom. The summed E-state index contributed by atoms with van der Waals surface area (Å²) in [4.78, 5) is 22.6. The first-order valence-electron chi connectivity index (χ1n) is 4.25. The van der Waals surface area contributed by atoms with Gasteiger partial charge in [-0.1, -0.05) is 0 Å². The number of halogens is 3. The van der Waals surface area contributed by atoms with Gasteiger partial charge >= 0.3 is 6.03 Å². The maximum absolute atomic E-state index is 13.3. The van der Waals surface area contributed by atoms with Gasteiger partial charge in [0.2, 0.25) is 5.91 Å². The number of hydrogen-bond donors (Lipinski definition) is 1. The average Bonchev–Trinajstić information content (AvgIpc) is 2.43. The number of nitrogens with one attached hydrogen (secondary N) is 1. The van der Waals surface area contributed by atoms with Crippen molar-refractivity contribution >= 4 is 17.6 Å². The Bertz CT molecular complexity index is 467. The number of nitrogens with zero attached hydrogens (tertiary/aromatic N) is 1. The first kappa shape index (κ1) is 10.5. The molecule has 0 radical (unpaired) electrons. The van der Waals surface area contributed by atoms with E-state index in [1.165, 1.54) is 0 Å². The molecule has 1 saturated heterocycles. The summed E-state index contributed by atoms with van der Waals surface area (Å²) in [7, 11) is 0. The quantitative estimate of drug-likeness (QED) is 0.736. The van der Waals surface area contributed by atoms with Crippen LogP contribution in [-0.4, -0.2) is 18.5 Å². The molecular formula is C9H5F3N2O2. The summed E-state index contributed by atoms with van der Waals surface area (Å²) >= 11 is 0. The van der Waals surface area contributed by atoms with Crippen LogP contribution >= 0.6 is 0 Å². The lowest BCUT2D eigenvalue weighted by molar-refractivity contribution is -0.117. The normalized spacial score (nSPS) is 15.6. The number of benzene rings is 1. The minimum Gasteiger partial charge on any atom is -0.279 e. The minimum atomic E-state index is -1.23. The topological polar surface area (TPSA) is 49.4 Å². The molecule has 0 unspecified atom stereocenters. The van der Waals surface area contributed by atoms with Crippen molar-refractivity contribution in [1.82, 2.24) is 5.32 Å². The number of imide groups is 1. The lowest BCUT2D eigenvalue weighted by Crippen LogP contribution is -2.29. The van der Waals surface area contributed by atoms with Crippen LogP contribution in [0.15, 0.2) is 12.1 Å². The highest BCUT2D eigenvalue weighted by Crippen LogP contribution is 2.25. The molecule has 1 aliphatic rings. The van der Waals surface area contributed by atoms with Crippen LogP contribution in [0, 0.1) is 17.5 Å². The molecule has 3 amide bonds. The maximum Gasteiger partial charge on any atom is 0.329 e. The van der Waals surface area contributed by atoms with E-state index in [2.05, 4.69) is 0 Å². The summed E-state index contributed by atoms with van der Waals surface area (Å²) in [5, 5.41) is 1.86. The molecule has 7 heteroatoms. The maximum atomic E-state index is 13.3. The fourth-order valence-corrected chi connectivity index (χ4v) is 1.41. The smallest absolute Gasteiger partial charge is 0.279 e. The molecule has 0 aromatic heterocycles. The molecule has 0 bridgehead atoms. The summed E-state index contributed by atoms with van der Waals surface area (Å²) in [6.45, 7) is -0.488. The molecule has 16 heavy (non-hydrogen) atoms. The molecule has 0 atom stereocenters. The van der Waals surface area contributed by atoms with E-state index in [0.717, 1.165) is 0 Å². The number of anilines is 1. The predicted octanol–water partition coefficient (Wildman–Crippen LogP) is 1.16. The van der Waals surface area contributed by atoms with E-state index < -0.39 is 41.6 Å². The third-order valence-corrected chi connectivity index (χ3v) is 2.04. The first-order valence-corrected chi connectivity index (χ1v) is 4.25. The first-order chi connectivity index (χ1) is 7.49. The van der Waals surface area contributed by atoms with E-state index >= 15 is 0 Å². The SMILES string of the molecule is O=C1CN(c2c(F)cc(F)cc2F)C(=O)N1. The van der Waals surface area contributed by atoms with Gasteiger partial charge in [0.25, 0.3) is 0 Å². The summed E-state index contributed by atoms with van der Waals surface area (Å²) in [6, 6.07) is -0.0578. The second-order valence-corrected chi connectivity index (χ2v) is 3.16. The van der Waals surface area contributed by atoms with Crippen LogP contribution in [0.5, 0.6) is 0 Å². The lowest BCUT2D eigenvalue weighted by Gasteiger charge is -2.14. The van der Waals surface area contributed by atoms with Crippen LogP contribution in [0.4, 0.5) is 23.7 Å².